The first kappa shape index (κ1) is 41.1. The predicted octanol–water partition coefficient (Wildman–Crippen LogP) is 7.20. The summed E-state index contributed by atoms with van der Waals surface area (Å²) in [5, 5.41) is 21.9. The topological polar surface area (TPSA) is 192 Å². The first-order valence-electron chi connectivity index (χ1n) is 20.2. The van der Waals surface area contributed by atoms with Gasteiger partial charge in [-0.25, -0.2) is 9.69 Å². The van der Waals surface area contributed by atoms with E-state index < -0.39 is 64.4 Å². The van der Waals surface area contributed by atoms with E-state index in [4.69, 9.17) is 19.9 Å². The summed E-state index contributed by atoms with van der Waals surface area (Å²) in [5.41, 5.74) is 7.62. The van der Waals surface area contributed by atoms with Gasteiger partial charge in [0.1, 0.15) is 35.7 Å². The summed E-state index contributed by atoms with van der Waals surface area (Å²) in [5.74, 6) is 2.48. The van der Waals surface area contributed by atoms with Crippen molar-refractivity contribution in [3.8, 4) is 23.3 Å². The number of primary amides is 1. The van der Waals surface area contributed by atoms with Crippen LogP contribution in [0.15, 0.2) is 152 Å². The van der Waals surface area contributed by atoms with Crippen LogP contribution in [0.2, 0.25) is 0 Å². The number of morpholine rings is 1. The normalized spacial score (nSPS) is 22.1. The number of hydrogen-bond acceptors (Lipinski definition) is 11. The average molecular weight is 855 g/mol. The molecule has 0 aliphatic carbocycles. The van der Waals surface area contributed by atoms with Gasteiger partial charge in [0.2, 0.25) is 11.8 Å². The maximum Gasteiger partial charge on any atom is 0.421 e. The molecule has 3 N–H and O–H groups in total. The maximum atomic E-state index is 16.0. The number of carbonyl (C=O) groups excluding carboxylic acids is 4. The molecule has 0 saturated carbocycles. The molecule has 6 aromatic rings. The third-order valence-electron chi connectivity index (χ3n) is 12.1. The van der Waals surface area contributed by atoms with Crippen LogP contribution in [0.4, 0.5) is 16.2 Å². The van der Waals surface area contributed by atoms with Gasteiger partial charge in [0.15, 0.2) is 0 Å². The minimum absolute atomic E-state index is 0.0628. The standard InChI is InChI=1S/C50H38N4O10/c1-62-38-25-16-30(17-26-38)12-13-31-18-27-40-39(28-31)50(48(58)52(40)49(59)63-29-32-14-21-36(22-15-32)54(60)61)41(46(51)56)43-47(57)64-44(34-10-6-3-7-11-34)42(33-8-4-2-5-9-33)53(43)45(50)35-19-23-37(55)24-20-35/h2-11,14-28,41-45,55H,29H2,1H3,(H2,51,56). The Morgan fingerprint density at radius 1 is 0.797 bits per heavy atom. The molecule has 318 valence electrons. The van der Waals surface area contributed by atoms with Gasteiger partial charge in [-0.2, -0.15) is 0 Å². The molecule has 6 atom stereocenters. The molecule has 6 unspecified atom stereocenters. The summed E-state index contributed by atoms with van der Waals surface area (Å²) >= 11 is 0. The van der Waals surface area contributed by atoms with Gasteiger partial charge in [-0.1, -0.05) is 84.6 Å². The molecule has 14 heteroatoms. The average Bonchev–Trinajstić information content (AvgIpc) is 3.77. The van der Waals surface area contributed by atoms with Crippen molar-refractivity contribution in [2.24, 2.45) is 11.7 Å². The fourth-order valence-electron chi connectivity index (χ4n) is 9.39. The number of anilines is 1. The van der Waals surface area contributed by atoms with Crippen LogP contribution in [0.1, 0.15) is 57.1 Å². The quantitative estimate of drug-likeness (QED) is 0.0681. The fourth-order valence-corrected chi connectivity index (χ4v) is 9.39. The number of amides is 3. The molecule has 0 aromatic heterocycles. The van der Waals surface area contributed by atoms with Crippen molar-refractivity contribution >= 4 is 35.3 Å². The number of carbonyl (C=O) groups is 4. The van der Waals surface area contributed by atoms with Gasteiger partial charge in [-0.3, -0.25) is 29.4 Å². The van der Waals surface area contributed by atoms with Gasteiger partial charge in [-0.15, -0.1) is 0 Å². The number of methoxy groups -OCH3 is 1. The van der Waals surface area contributed by atoms with Crippen molar-refractivity contribution in [1.29, 1.82) is 0 Å². The Hall–Kier alpha value is -8.28. The number of fused-ring (bicyclic) bond motifs is 3. The lowest BCUT2D eigenvalue weighted by atomic mass is 9.65. The molecule has 6 aromatic carbocycles. The largest absolute Gasteiger partial charge is 0.508 e. The van der Waals surface area contributed by atoms with Crippen LogP contribution in [-0.2, 0) is 35.9 Å². The number of nitro groups is 1. The zero-order chi connectivity index (χ0) is 44.7. The fraction of sp³-hybridized carbons (Fsp3) is 0.160. The van der Waals surface area contributed by atoms with Crippen LogP contribution in [0.25, 0.3) is 0 Å². The van der Waals surface area contributed by atoms with Crippen molar-refractivity contribution in [2.45, 2.75) is 36.3 Å². The highest BCUT2D eigenvalue weighted by atomic mass is 16.6. The number of nitrogens with zero attached hydrogens (tertiary/aromatic N) is 3. The molecule has 3 aliphatic heterocycles. The van der Waals surface area contributed by atoms with Gasteiger partial charge in [0.25, 0.3) is 5.69 Å². The number of hydrogen-bond donors (Lipinski definition) is 2. The molecule has 3 heterocycles. The molecule has 9 rings (SSSR count). The zero-order valence-electron chi connectivity index (χ0n) is 34.1. The molecule has 64 heavy (non-hydrogen) atoms. The van der Waals surface area contributed by atoms with Crippen molar-refractivity contribution < 1.29 is 43.4 Å². The number of nitro benzene ring substituents is 1. The second-order valence-corrected chi connectivity index (χ2v) is 15.6. The number of cyclic esters (lactones) is 1. The highest BCUT2D eigenvalue weighted by Crippen LogP contribution is 2.65. The Bertz CT molecular complexity index is 2860. The number of imide groups is 1. The summed E-state index contributed by atoms with van der Waals surface area (Å²) in [6.07, 6.45) is -2.06. The molecular formula is C50H38N4O10. The molecule has 3 amide bonds. The highest BCUT2D eigenvalue weighted by molar-refractivity contribution is 6.23. The number of rotatable bonds is 8. The van der Waals surface area contributed by atoms with Crippen LogP contribution < -0.4 is 15.4 Å². The van der Waals surface area contributed by atoms with Crippen molar-refractivity contribution in [3.63, 3.8) is 0 Å². The van der Waals surface area contributed by atoms with E-state index in [1.807, 2.05) is 65.6 Å². The van der Waals surface area contributed by atoms with Crippen molar-refractivity contribution in [1.82, 2.24) is 4.90 Å². The molecule has 0 radical (unpaired) electrons. The summed E-state index contributed by atoms with van der Waals surface area (Å²) in [7, 11) is 1.56. The minimum Gasteiger partial charge on any atom is -0.508 e. The lowest BCUT2D eigenvalue weighted by molar-refractivity contribution is -0.384. The Morgan fingerprint density at radius 2 is 1.42 bits per heavy atom. The molecule has 3 aliphatic rings. The van der Waals surface area contributed by atoms with E-state index in [-0.39, 0.29) is 29.3 Å². The Morgan fingerprint density at radius 3 is 2.05 bits per heavy atom. The second-order valence-electron chi connectivity index (χ2n) is 15.6. The Balaban J connectivity index is 1.27. The molecular weight excluding hydrogens is 817 g/mol. The number of aromatic hydroxyl groups is 1. The van der Waals surface area contributed by atoms with E-state index >= 15 is 4.79 Å². The van der Waals surface area contributed by atoms with E-state index in [0.29, 0.717) is 39.1 Å². The van der Waals surface area contributed by atoms with E-state index in [0.717, 1.165) is 4.90 Å². The van der Waals surface area contributed by atoms with Gasteiger partial charge < -0.3 is 25.1 Å². The number of ether oxygens (including phenoxy) is 3. The van der Waals surface area contributed by atoms with Crippen molar-refractivity contribution in [2.75, 3.05) is 12.0 Å². The SMILES string of the molecule is COc1ccc(C#Cc2ccc3c(c2)C2(C(=O)N3C(=O)OCc3ccc([N+](=O)[O-])cc3)C(C(N)=O)C3C(=O)OC(c4ccccc4)C(c4ccccc4)N3C2c2ccc(O)cc2)cc1. The van der Waals surface area contributed by atoms with Crippen LogP contribution >= 0.6 is 0 Å². The summed E-state index contributed by atoms with van der Waals surface area (Å²) in [6.45, 7) is -0.370. The third-order valence-corrected chi connectivity index (χ3v) is 12.1. The van der Waals surface area contributed by atoms with E-state index in [1.165, 1.54) is 42.5 Å². The van der Waals surface area contributed by atoms with Gasteiger partial charge in [0, 0.05) is 23.3 Å². The van der Waals surface area contributed by atoms with E-state index in [9.17, 15) is 29.6 Å². The number of nitrogens with two attached hydrogens (primary N) is 1. The van der Waals surface area contributed by atoms with Gasteiger partial charge in [-0.05, 0) is 94.5 Å². The number of benzene rings is 6. The zero-order valence-corrected chi connectivity index (χ0v) is 34.1. The summed E-state index contributed by atoms with van der Waals surface area (Å²) in [4.78, 5) is 73.2. The lowest BCUT2D eigenvalue weighted by Crippen LogP contribution is -2.55. The highest BCUT2D eigenvalue weighted by Gasteiger charge is 2.75. The third kappa shape index (κ3) is 6.94. The van der Waals surface area contributed by atoms with Crippen LogP contribution in [0.3, 0.4) is 0 Å². The number of phenolic OH excluding ortho intramolecular Hbond substituents is 1. The van der Waals surface area contributed by atoms with E-state index in [1.54, 1.807) is 55.6 Å². The second kappa shape index (κ2) is 16.5. The number of esters is 1. The van der Waals surface area contributed by atoms with Gasteiger partial charge in [0.05, 0.1) is 35.7 Å². The predicted molar refractivity (Wildman–Crippen MR) is 231 cm³/mol. The maximum absolute atomic E-state index is 16.0. The molecule has 2 saturated heterocycles. The summed E-state index contributed by atoms with van der Waals surface area (Å²) in [6, 6.07) is 38.2. The smallest absolute Gasteiger partial charge is 0.421 e. The van der Waals surface area contributed by atoms with E-state index in [2.05, 4.69) is 11.8 Å². The first-order chi connectivity index (χ1) is 31.0. The first-order valence-corrected chi connectivity index (χ1v) is 20.2. The van der Waals surface area contributed by atoms with Crippen LogP contribution in [0, 0.1) is 27.9 Å². The number of non-ortho nitro benzene ring substituents is 1. The van der Waals surface area contributed by atoms with Gasteiger partial charge >= 0.3 is 12.1 Å². The van der Waals surface area contributed by atoms with Crippen LogP contribution in [0.5, 0.6) is 11.5 Å². The summed E-state index contributed by atoms with van der Waals surface area (Å²) < 4.78 is 17.4. The molecule has 1 spiro atoms. The minimum atomic E-state index is -2.12. The monoisotopic (exact) mass is 854 g/mol. The lowest BCUT2D eigenvalue weighted by Gasteiger charge is -2.46. The molecule has 14 nitrogen and oxygen atoms in total. The Labute approximate surface area is 366 Å². The Kier molecular flexibility index (Phi) is 10.6. The van der Waals surface area contributed by atoms with Crippen molar-refractivity contribution in [3.05, 3.63) is 201 Å². The molecule has 0 bridgehead atoms. The van der Waals surface area contributed by atoms with Crippen LogP contribution in [-0.4, -0.2) is 52.0 Å². The number of phenols is 1. The molecule has 2 fully saturated rings.